The number of nitrogens with zero attached hydrogens (tertiary/aromatic N) is 1. The Labute approximate surface area is 157 Å². The van der Waals surface area contributed by atoms with E-state index < -0.39 is 11.6 Å². The van der Waals surface area contributed by atoms with Gasteiger partial charge < -0.3 is 15.3 Å². The summed E-state index contributed by atoms with van der Waals surface area (Å²) in [5.74, 6) is -0.650. The second-order valence-electron chi connectivity index (χ2n) is 7.44. The third kappa shape index (κ3) is 3.53. The van der Waals surface area contributed by atoms with Crippen LogP contribution in [0.5, 0.6) is 5.75 Å². The summed E-state index contributed by atoms with van der Waals surface area (Å²) in [4.78, 5) is 27.3. The SMILES string of the molecule is CC(C)(C)NC(=O)C1c2c(O)cccc2C(=O)N1Cc1ccc(Cl)cc1. The van der Waals surface area contributed by atoms with Crippen molar-refractivity contribution in [2.24, 2.45) is 0 Å². The number of phenols is 1. The number of hydrogen-bond acceptors (Lipinski definition) is 3. The fourth-order valence-electron chi connectivity index (χ4n) is 3.11. The summed E-state index contributed by atoms with van der Waals surface area (Å²) in [6.07, 6.45) is 0. The van der Waals surface area contributed by atoms with Gasteiger partial charge in [0.05, 0.1) is 0 Å². The predicted octanol–water partition coefficient (Wildman–Crippen LogP) is 3.66. The van der Waals surface area contributed by atoms with Crippen LogP contribution in [0.3, 0.4) is 0 Å². The summed E-state index contributed by atoms with van der Waals surface area (Å²) in [7, 11) is 0. The molecular formula is C20H21ClN2O3. The summed E-state index contributed by atoms with van der Waals surface area (Å²) in [6, 6.07) is 11.0. The molecule has 1 aliphatic heterocycles. The van der Waals surface area contributed by atoms with Crippen molar-refractivity contribution in [1.82, 2.24) is 10.2 Å². The van der Waals surface area contributed by atoms with E-state index in [9.17, 15) is 14.7 Å². The van der Waals surface area contributed by atoms with E-state index >= 15 is 0 Å². The van der Waals surface area contributed by atoms with Gasteiger partial charge in [-0.3, -0.25) is 9.59 Å². The van der Waals surface area contributed by atoms with Crippen molar-refractivity contribution < 1.29 is 14.7 Å². The second kappa shape index (κ2) is 6.65. The van der Waals surface area contributed by atoms with Gasteiger partial charge in [-0.15, -0.1) is 0 Å². The fourth-order valence-corrected chi connectivity index (χ4v) is 3.24. The summed E-state index contributed by atoms with van der Waals surface area (Å²) in [5, 5.41) is 13.8. The Balaban J connectivity index is 2.01. The number of aromatic hydroxyl groups is 1. The minimum absolute atomic E-state index is 0.0523. The van der Waals surface area contributed by atoms with Crippen molar-refractivity contribution in [3.05, 3.63) is 64.2 Å². The van der Waals surface area contributed by atoms with Crippen molar-refractivity contribution in [3.63, 3.8) is 0 Å². The zero-order chi connectivity index (χ0) is 19.1. The molecule has 2 N–H and O–H groups in total. The van der Waals surface area contributed by atoms with E-state index in [1.165, 1.54) is 11.0 Å². The molecule has 1 unspecified atom stereocenters. The fraction of sp³-hybridized carbons (Fsp3) is 0.300. The molecule has 3 rings (SSSR count). The van der Waals surface area contributed by atoms with Crippen LogP contribution in [0.15, 0.2) is 42.5 Å². The molecule has 0 bridgehead atoms. The molecule has 136 valence electrons. The van der Waals surface area contributed by atoms with Crippen LogP contribution >= 0.6 is 11.6 Å². The maximum absolute atomic E-state index is 12.9. The summed E-state index contributed by atoms with van der Waals surface area (Å²) >= 11 is 5.92. The maximum Gasteiger partial charge on any atom is 0.255 e. The molecule has 5 nitrogen and oxygen atoms in total. The molecule has 1 aliphatic rings. The van der Waals surface area contributed by atoms with Crippen LogP contribution in [0.1, 0.15) is 48.3 Å². The minimum atomic E-state index is -0.881. The number of halogens is 1. The average Bonchev–Trinajstić information content (AvgIpc) is 2.82. The molecule has 1 atom stereocenters. The van der Waals surface area contributed by atoms with Crippen LogP contribution in [-0.4, -0.2) is 27.4 Å². The maximum atomic E-state index is 12.9. The number of rotatable bonds is 3. The van der Waals surface area contributed by atoms with Gasteiger partial charge in [-0.05, 0) is 50.6 Å². The van der Waals surface area contributed by atoms with E-state index in [-0.39, 0.29) is 24.1 Å². The first-order valence-corrected chi connectivity index (χ1v) is 8.74. The van der Waals surface area contributed by atoms with Gasteiger partial charge in [-0.2, -0.15) is 0 Å². The highest BCUT2D eigenvalue weighted by atomic mass is 35.5. The van der Waals surface area contributed by atoms with Crippen LogP contribution < -0.4 is 5.32 Å². The lowest BCUT2D eigenvalue weighted by Gasteiger charge is -2.29. The number of phenolic OH excluding ortho intramolecular Hbond substituents is 1. The number of carbonyl (C=O) groups is 2. The topological polar surface area (TPSA) is 69.6 Å². The molecule has 2 aromatic carbocycles. The van der Waals surface area contributed by atoms with E-state index in [1.54, 1.807) is 24.3 Å². The average molecular weight is 373 g/mol. The first-order valence-electron chi connectivity index (χ1n) is 8.37. The van der Waals surface area contributed by atoms with Crippen LogP contribution in [0, 0.1) is 0 Å². The standard InChI is InChI=1S/C20H21ClN2O3/c1-20(2,3)22-18(25)17-16-14(5-4-6-15(16)24)19(26)23(17)11-12-7-9-13(21)10-8-12/h4-10,17,24H,11H2,1-3H3,(H,22,25). The first-order chi connectivity index (χ1) is 12.2. The summed E-state index contributed by atoms with van der Waals surface area (Å²) in [5.41, 5.74) is 1.10. The van der Waals surface area contributed by atoms with Gasteiger partial charge in [0, 0.05) is 28.2 Å². The summed E-state index contributed by atoms with van der Waals surface area (Å²) in [6.45, 7) is 5.86. The lowest BCUT2D eigenvalue weighted by atomic mass is 10.0. The van der Waals surface area contributed by atoms with E-state index in [0.29, 0.717) is 16.1 Å². The zero-order valence-electron chi connectivity index (χ0n) is 14.9. The van der Waals surface area contributed by atoms with E-state index in [0.717, 1.165) is 5.56 Å². The monoisotopic (exact) mass is 372 g/mol. The number of amides is 2. The minimum Gasteiger partial charge on any atom is -0.508 e. The van der Waals surface area contributed by atoms with Gasteiger partial charge in [0.25, 0.3) is 5.91 Å². The Morgan fingerprint density at radius 2 is 1.85 bits per heavy atom. The molecule has 0 saturated carbocycles. The molecule has 0 aromatic heterocycles. The molecule has 0 spiro atoms. The molecule has 26 heavy (non-hydrogen) atoms. The lowest BCUT2D eigenvalue weighted by molar-refractivity contribution is -0.127. The number of benzene rings is 2. The van der Waals surface area contributed by atoms with Crippen LogP contribution in [-0.2, 0) is 11.3 Å². The number of carbonyl (C=O) groups excluding carboxylic acids is 2. The highest BCUT2D eigenvalue weighted by molar-refractivity contribution is 6.30. The van der Waals surface area contributed by atoms with Crippen molar-refractivity contribution in [2.75, 3.05) is 0 Å². The largest absolute Gasteiger partial charge is 0.508 e. The van der Waals surface area contributed by atoms with Crippen molar-refractivity contribution in [2.45, 2.75) is 38.9 Å². The van der Waals surface area contributed by atoms with Crippen molar-refractivity contribution in [1.29, 1.82) is 0 Å². The molecule has 6 heteroatoms. The van der Waals surface area contributed by atoms with Crippen LogP contribution in [0.4, 0.5) is 0 Å². The van der Waals surface area contributed by atoms with Crippen molar-refractivity contribution in [3.8, 4) is 5.75 Å². The van der Waals surface area contributed by atoms with Gasteiger partial charge >= 0.3 is 0 Å². The van der Waals surface area contributed by atoms with Gasteiger partial charge in [0.15, 0.2) is 0 Å². The van der Waals surface area contributed by atoms with E-state index in [4.69, 9.17) is 11.6 Å². The Hall–Kier alpha value is -2.53. The highest BCUT2D eigenvalue weighted by Gasteiger charge is 2.43. The van der Waals surface area contributed by atoms with Crippen LogP contribution in [0.25, 0.3) is 0 Å². The quantitative estimate of drug-likeness (QED) is 0.863. The number of nitrogens with one attached hydrogen (secondary N) is 1. The van der Waals surface area contributed by atoms with Gasteiger partial charge in [0.2, 0.25) is 5.91 Å². The molecular weight excluding hydrogens is 352 g/mol. The first kappa shape index (κ1) is 18.3. The number of fused-ring (bicyclic) bond motifs is 1. The lowest BCUT2D eigenvalue weighted by Crippen LogP contribution is -2.46. The molecule has 2 amide bonds. The van der Waals surface area contributed by atoms with E-state index in [2.05, 4.69) is 5.32 Å². The molecule has 1 heterocycles. The van der Waals surface area contributed by atoms with Crippen molar-refractivity contribution >= 4 is 23.4 Å². The Morgan fingerprint density at radius 3 is 2.46 bits per heavy atom. The highest BCUT2D eigenvalue weighted by Crippen LogP contribution is 2.40. The van der Waals surface area contributed by atoms with Gasteiger partial charge in [-0.1, -0.05) is 29.8 Å². The normalized spacial score (nSPS) is 16.5. The van der Waals surface area contributed by atoms with Gasteiger partial charge in [0.1, 0.15) is 11.8 Å². The smallest absolute Gasteiger partial charge is 0.255 e. The molecule has 0 fully saturated rings. The number of hydrogen-bond donors (Lipinski definition) is 2. The zero-order valence-corrected chi connectivity index (χ0v) is 15.7. The predicted molar refractivity (Wildman–Crippen MR) is 100 cm³/mol. The third-order valence-electron chi connectivity index (χ3n) is 4.17. The molecule has 0 radical (unpaired) electrons. The Bertz CT molecular complexity index is 856. The molecule has 2 aromatic rings. The molecule has 0 aliphatic carbocycles. The second-order valence-corrected chi connectivity index (χ2v) is 7.88. The van der Waals surface area contributed by atoms with Crippen LogP contribution in [0.2, 0.25) is 5.02 Å². The van der Waals surface area contributed by atoms with E-state index in [1.807, 2.05) is 32.9 Å². The Morgan fingerprint density at radius 1 is 1.19 bits per heavy atom. The van der Waals surface area contributed by atoms with Gasteiger partial charge in [-0.25, -0.2) is 0 Å². The third-order valence-corrected chi connectivity index (χ3v) is 4.42. The summed E-state index contributed by atoms with van der Waals surface area (Å²) < 4.78 is 0. The molecule has 0 saturated heterocycles. The Kier molecular flexibility index (Phi) is 4.67.